The minimum Gasteiger partial charge on any atom is -0.497 e. The predicted octanol–water partition coefficient (Wildman–Crippen LogP) is 3.92. The zero-order valence-electron chi connectivity index (χ0n) is 11.8. The molecule has 0 amide bonds. The standard InChI is InChI=1S/C16H25NO/c1-12(14-7-4-5-8-14)17-13(2)15-9-6-10-16(11-15)18-3/h6,9-14,17H,4-5,7-8H2,1-3H3/t12-,13?/m1/s1. The summed E-state index contributed by atoms with van der Waals surface area (Å²) >= 11 is 0. The molecule has 2 rings (SSSR count). The molecule has 1 aliphatic rings. The molecule has 2 heteroatoms. The molecule has 0 saturated heterocycles. The molecule has 1 unspecified atom stereocenters. The Morgan fingerprint density at radius 2 is 1.94 bits per heavy atom. The minimum atomic E-state index is 0.385. The third-order valence-electron chi connectivity index (χ3n) is 4.21. The Morgan fingerprint density at radius 3 is 2.61 bits per heavy atom. The van der Waals surface area contributed by atoms with Crippen LogP contribution in [0.3, 0.4) is 0 Å². The van der Waals surface area contributed by atoms with Crippen molar-refractivity contribution in [3.8, 4) is 5.75 Å². The second-order valence-electron chi connectivity index (χ2n) is 5.50. The molecule has 2 nitrogen and oxygen atoms in total. The molecular formula is C16H25NO. The van der Waals surface area contributed by atoms with Crippen molar-refractivity contribution in [3.63, 3.8) is 0 Å². The Hall–Kier alpha value is -1.02. The maximum Gasteiger partial charge on any atom is 0.119 e. The maximum absolute atomic E-state index is 5.28. The first-order valence-corrected chi connectivity index (χ1v) is 7.10. The van der Waals surface area contributed by atoms with E-state index in [0.717, 1.165) is 11.7 Å². The van der Waals surface area contributed by atoms with Gasteiger partial charge in [-0.3, -0.25) is 0 Å². The monoisotopic (exact) mass is 247 g/mol. The van der Waals surface area contributed by atoms with Crippen LogP contribution >= 0.6 is 0 Å². The topological polar surface area (TPSA) is 21.3 Å². The first kappa shape index (κ1) is 13.4. The molecule has 2 atom stereocenters. The summed E-state index contributed by atoms with van der Waals surface area (Å²) in [6.45, 7) is 4.56. The van der Waals surface area contributed by atoms with E-state index in [1.54, 1.807) is 7.11 Å². The third kappa shape index (κ3) is 3.26. The molecule has 0 bridgehead atoms. The van der Waals surface area contributed by atoms with Crippen LogP contribution in [0.4, 0.5) is 0 Å². The fraction of sp³-hybridized carbons (Fsp3) is 0.625. The summed E-state index contributed by atoms with van der Waals surface area (Å²) in [4.78, 5) is 0. The number of rotatable bonds is 5. The SMILES string of the molecule is COc1cccc(C(C)N[C@H](C)C2CCCC2)c1. The highest BCUT2D eigenvalue weighted by molar-refractivity contribution is 5.30. The van der Waals surface area contributed by atoms with Crippen molar-refractivity contribution in [1.82, 2.24) is 5.32 Å². The van der Waals surface area contributed by atoms with Crippen LogP contribution in [0.25, 0.3) is 0 Å². The summed E-state index contributed by atoms with van der Waals surface area (Å²) in [5.41, 5.74) is 1.30. The third-order valence-corrected chi connectivity index (χ3v) is 4.21. The molecule has 0 aliphatic heterocycles. The molecule has 18 heavy (non-hydrogen) atoms. The van der Waals surface area contributed by atoms with Gasteiger partial charge in [-0.2, -0.15) is 0 Å². The van der Waals surface area contributed by atoms with Crippen LogP contribution in [0.2, 0.25) is 0 Å². The van der Waals surface area contributed by atoms with E-state index in [4.69, 9.17) is 4.74 Å². The molecule has 1 N–H and O–H groups in total. The van der Waals surface area contributed by atoms with E-state index in [1.807, 2.05) is 6.07 Å². The van der Waals surface area contributed by atoms with E-state index in [1.165, 1.54) is 31.2 Å². The van der Waals surface area contributed by atoms with Crippen molar-refractivity contribution in [2.24, 2.45) is 5.92 Å². The van der Waals surface area contributed by atoms with Crippen LogP contribution in [0.15, 0.2) is 24.3 Å². The molecular weight excluding hydrogens is 222 g/mol. The van der Waals surface area contributed by atoms with E-state index in [-0.39, 0.29) is 0 Å². The maximum atomic E-state index is 5.28. The summed E-state index contributed by atoms with van der Waals surface area (Å²) in [5.74, 6) is 1.80. The number of ether oxygens (including phenoxy) is 1. The molecule has 1 aromatic rings. The van der Waals surface area contributed by atoms with Crippen molar-refractivity contribution in [1.29, 1.82) is 0 Å². The Morgan fingerprint density at radius 1 is 1.22 bits per heavy atom. The summed E-state index contributed by atoms with van der Waals surface area (Å²) in [6.07, 6.45) is 5.59. The van der Waals surface area contributed by atoms with Gasteiger partial charge in [0.1, 0.15) is 5.75 Å². The van der Waals surface area contributed by atoms with Crippen molar-refractivity contribution < 1.29 is 4.74 Å². The van der Waals surface area contributed by atoms with Crippen LogP contribution in [0.1, 0.15) is 51.1 Å². The van der Waals surface area contributed by atoms with Crippen molar-refractivity contribution >= 4 is 0 Å². The van der Waals surface area contributed by atoms with E-state index < -0.39 is 0 Å². The lowest BCUT2D eigenvalue weighted by Crippen LogP contribution is -2.34. The van der Waals surface area contributed by atoms with Gasteiger partial charge in [0.15, 0.2) is 0 Å². The smallest absolute Gasteiger partial charge is 0.119 e. The Balaban J connectivity index is 1.95. The predicted molar refractivity (Wildman–Crippen MR) is 76.0 cm³/mol. The van der Waals surface area contributed by atoms with E-state index in [0.29, 0.717) is 12.1 Å². The van der Waals surface area contributed by atoms with Gasteiger partial charge >= 0.3 is 0 Å². The normalized spacial score (nSPS) is 19.7. The lowest BCUT2D eigenvalue weighted by atomic mass is 9.98. The van der Waals surface area contributed by atoms with Gasteiger partial charge in [-0.05, 0) is 50.3 Å². The van der Waals surface area contributed by atoms with Crippen LogP contribution < -0.4 is 10.1 Å². The summed E-state index contributed by atoms with van der Waals surface area (Å²) in [5, 5.41) is 3.73. The molecule has 1 aliphatic carbocycles. The van der Waals surface area contributed by atoms with E-state index in [2.05, 4.69) is 37.4 Å². The van der Waals surface area contributed by atoms with E-state index in [9.17, 15) is 0 Å². The number of hydrogen-bond acceptors (Lipinski definition) is 2. The molecule has 1 aromatic carbocycles. The molecule has 0 heterocycles. The number of nitrogens with one attached hydrogen (secondary N) is 1. The zero-order chi connectivity index (χ0) is 13.0. The summed E-state index contributed by atoms with van der Waals surface area (Å²) in [7, 11) is 1.72. The highest BCUT2D eigenvalue weighted by Crippen LogP contribution is 2.29. The first-order valence-electron chi connectivity index (χ1n) is 7.10. The Labute approximate surface area is 111 Å². The molecule has 0 aromatic heterocycles. The number of hydrogen-bond donors (Lipinski definition) is 1. The van der Waals surface area contributed by atoms with Gasteiger partial charge in [-0.25, -0.2) is 0 Å². The molecule has 0 radical (unpaired) electrons. The van der Waals surface area contributed by atoms with Crippen molar-refractivity contribution in [2.45, 2.75) is 51.6 Å². The van der Waals surface area contributed by atoms with Gasteiger partial charge in [0.2, 0.25) is 0 Å². The quantitative estimate of drug-likeness (QED) is 0.851. The minimum absolute atomic E-state index is 0.385. The van der Waals surface area contributed by atoms with Crippen molar-refractivity contribution in [2.75, 3.05) is 7.11 Å². The van der Waals surface area contributed by atoms with Gasteiger partial charge in [-0.1, -0.05) is 25.0 Å². The highest BCUT2D eigenvalue weighted by atomic mass is 16.5. The lowest BCUT2D eigenvalue weighted by molar-refractivity contribution is 0.351. The summed E-state index contributed by atoms with van der Waals surface area (Å²) < 4.78 is 5.28. The zero-order valence-corrected chi connectivity index (χ0v) is 11.8. The summed E-state index contributed by atoms with van der Waals surface area (Å²) in [6, 6.07) is 9.34. The van der Waals surface area contributed by atoms with Gasteiger partial charge < -0.3 is 10.1 Å². The first-order chi connectivity index (χ1) is 8.70. The average molecular weight is 247 g/mol. The van der Waals surface area contributed by atoms with Crippen LogP contribution in [0, 0.1) is 5.92 Å². The lowest BCUT2D eigenvalue weighted by Gasteiger charge is -2.25. The van der Waals surface area contributed by atoms with Crippen LogP contribution in [-0.4, -0.2) is 13.2 Å². The molecule has 100 valence electrons. The van der Waals surface area contributed by atoms with Crippen LogP contribution in [0.5, 0.6) is 5.75 Å². The fourth-order valence-electron chi connectivity index (χ4n) is 2.99. The second kappa shape index (κ2) is 6.24. The largest absolute Gasteiger partial charge is 0.497 e. The van der Waals surface area contributed by atoms with Gasteiger partial charge in [0, 0.05) is 12.1 Å². The van der Waals surface area contributed by atoms with E-state index >= 15 is 0 Å². The molecule has 1 fully saturated rings. The van der Waals surface area contributed by atoms with Gasteiger partial charge in [0.05, 0.1) is 7.11 Å². The van der Waals surface area contributed by atoms with Crippen LogP contribution in [-0.2, 0) is 0 Å². The second-order valence-corrected chi connectivity index (χ2v) is 5.50. The Kier molecular flexibility index (Phi) is 4.65. The fourth-order valence-corrected chi connectivity index (χ4v) is 2.99. The van der Waals surface area contributed by atoms with Gasteiger partial charge in [-0.15, -0.1) is 0 Å². The average Bonchev–Trinajstić information content (AvgIpc) is 2.92. The molecule has 1 saturated carbocycles. The number of benzene rings is 1. The Bertz CT molecular complexity index is 371. The number of methoxy groups -OCH3 is 1. The molecule has 0 spiro atoms. The van der Waals surface area contributed by atoms with Crippen molar-refractivity contribution in [3.05, 3.63) is 29.8 Å². The van der Waals surface area contributed by atoms with Gasteiger partial charge in [0.25, 0.3) is 0 Å². The highest BCUT2D eigenvalue weighted by Gasteiger charge is 2.22.